The highest BCUT2D eigenvalue weighted by Gasteiger charge is 2.18. The number of rotatable bonds is 2. The molecule has 0 aliphatic rings. The molecule has 0 aliphatic heterocycles. The summed E-state index contributed by atoms with van der Waals surface area (Å²) in [5, 5.41) is 1.37. The van der Waals surface area contributed by atoms with Gasteiger partial charge < -0.3 is 0 Å². The van der Waals surface area contributed by atoms with Crippen molar-refractivity contribution in [2.45, 2.75) is 0 Å². The first-order valence-corrected chi connectivity index (χ1v) is 2.57. The van der Waals surface area contributed by atoms with Crippen LogP contribution in [0.5, 0.6) is 0 Å². The van der Waals surface area contributed by atoms with Gasteiger partial charge in [0.05, 0.1) is 0 Å². The molecule has 7 heavy (non-hydrogen) atoms. The molecule has 0 radical (unpaired) electrons. The van der Waals surface area contributed by atoms with Gasteiger partial charge in [0.2, 0.25) is 0 Å². The Morgan fingerprint density at radius 3 is 2.29 bits per heavy atom. The molecular weight excluding hydrogens is 128 g/mol. The maximum Gasteiger partial charge on any atom is 0.590 e. The standard InChI is InChI=1S/FHNO4P/c1-7(4,5)6-2-3/h(H,4,5). The molecule has 0 saturated carbocycles. The zero-order chi connectivity index (χ0) is 5.91. The predicted molar refractivity (Wildman–Crippen MR) is 17.8 cm³/mol. The summed E-state index contributed by atoms with van der Waals surface area (Å²) in [7, 11) is -5.14. The van der Waals surface area contributed by atoms with Gasteiger partial charge >= 0.3 is 7.91 Å². The van der Waals surface area contributed by atoms with Crippen molar-refractivity contribution in [3.63, 3.8) is 0 Å². The molecule has 0 saturated heterocycles. The number of nitrogens with zero attached hydrogens (tertiary/aromatic N) is 1. The van der Waals surface area contributed by atoms with E-state index in [4.69, 9.17) is 9.80 Å². The second-order valence-corrected chi connectivity index (χ2v) is 1.67. The van der Waals surface area contributed by atoms with Crippen molar-refractivity contribution >= 4 is 7.91 Å². The van der Waals surface area contributed by atoms with Crippen molar-refractivity contribution in [3.8, 4) is 0 Å². The molecule has 42 valence electrons. The van der Waals surface area contributed by atoms with Crippen LogP contribution in [-0.2, 0) is 9.19 Å². The minimum absolute atomic E-state index is 1.37. The van der Waals surface area contributed by atoms with Crippen LogP contribution in [0.2, 0.25) is 0 Å². The smallest absolute Gasteiger partial charge is 0.288 e. The van der Waals surface area contributed by atoms with Crippen LogP contribution in [0.4, 0.5) is 4.20 Å². The SMILES string of the molecule is O=NOP(=O)(O)F. The lowest BCUT2D eigenvalue weighted by molar-refractivity contribution is 0.233. The fourth-order valence-corrected chi connectivity index (χ4v) is 0.123. The van der Waals surface area contributed by atoms with Crippen molar-refractivity contribution in [1.82, 2.24) is 0 Å². The summed E-state index contributed by atoms with van der Waals surface area (Å²) in [5.41, 5.74) is 0. The van der Waals surface area contributed by atoms with Gasteiger partial charge in [-0.2, -0.15) is 0 Å². The lowest BCUT2D eigenvalue weighted by Gasteiger charge is -1.87. The van der Waals surface area contributed by atoms with Crippen molar-refractivity contribution in [3.05, 3.63) is 4.91 Å². The molecule has 0 fully saturated rings. The Kier molecular flexibility index (Phi) is 1.86. The van der Waals surface area contributed by atoms with E-state index in [-0.39, 0.29) is 0 Å². The normalized spacial score (nSPS) is 17.4. The minimum atomic E-state index is -5.14. The van der Waals surface area contributed by atoms with Crippen molar-refractivity contribution in [1.29, 1.82) is 0 Å². The van der Waals surface area contributed by atoms with E-state index in [0.717, 1.165) is 0 Å². The number of hydrogen-bond acceptors (Lipinski definition) is 4. The highest BCUT2D eigenvalue weighted by molar-refractivity contribution is 7.46. The van der Waals surface area contributed by atoms with E-state index in [1.807, 2.05) is 0 Å². The molecule has 0 bridgehead atoms. The van der Waals surface area contributed by atoms with Gasteiger partial charge in [-0.3, -0.25) is 9.52 Å². The fourth-order valence-electron chi connectivity index (χ4n) is 0.0411. The monoisotopic (exact) mass is 129 g/mol. The van der Waals surface area contributed by atoms with Gasteiger partial charge in [-0.05, 0) is 0 Å². The van der Waals surface area contributed by atoms with Crippen molar-refractivity contribution < 1.29 is 18.3 Å². The molecule has 0 rings (SSSR count). The average molecular weight is 129 g/mol. The van der Waals surface area contributed by atoms with Crippen LogP contribution in [0.15, 0.2) is 5.34 Å². The van der Waals surface area contributed by atoms with Crippen LogP contribution >= 0.6 is 7.91 Å². The molecule has 1 unspecified atom stereocenters. The van der Waals surface area contributed by atoms with Gasteiger partial charge in [-0.15, -0.1) is 9.10 Å². The maximum atomic E-state index is 11.0. The van der Waals surface area contributed by atoms with Gasteiger partial charge in [-0.25, -0.2) is 4.57 Å². The Hall–Kier alpha value is -0.480. The summed E-state index contributed by atoms with van der Waals surface area (Å²) in [4.78, 5) is 16.2. The third-order valence-electron chi connectivity index (χ3n) is 0.134. The second-order valence-electron chi connectivity index (χ2n) is 0.608. The molecule has 0 aliphatic carbocycles. The third-order valence-corrected chi connectivity index (χ3v) is 0.402. The second kappa shape index (κ2) is 1.99. The van der Waals surface area contributed by atoms with Crippen LogP contribution in [0.25, 0.3) is 0 Å². The van der Waals surface area contributed by atoms with E-state index >= 15 is 0 Å². The molecule has 0 aromatic carbocycles. The Bertz CT molecular complexity index is 104. The molecule has 7 heteroatoms. The Morgan fingerprint density at radius 2 is 2.29 bits per heavy atom. The Balaban J connectivity index is 3.57. The maximum absolute atomic E-state index is 11.0. The highest BCUT2D eigenvalue weighted by Crippen LogP contribution is 2.43. The quantitative estimate of drug-likeness (QED) is 0.339. The highest BCUT2D eigenvalue weighted by atomic mass is 31.2. The molecule has 1 atom stereocenters. The zero-order valence-corrected chi connectivity index (χ0v) is 3.84. The molecule has 1 N–H and O–H groups in total. The van der Waals surface area contributed by atoms with E-state index in [9.17, 15) is 8.76 Å². The fraction of sp³-hybridized carbons (Fsp3) is 0. The lowest BCUT2D eigenvalue weighted by Crippen LogP contribution is -1.68. The first-order valence-electron chi connectivity index (χ1n) is 1.10. The van der Waals surface area contributed by atoms with Crippen LogP contribution in [-0.4, -0.2) is 4.89 Å². The predicted octanol–water partition coefficient (Wildman–Crippen LogP) is 0.754. The van der Waals surface area contributed by atoms with Gasteiger partial charge in [0.15, 0.2) is 5.34 Å². The number of hydrogen-bond donors (Lipinski definition) is 1. The van der Waals surface area contributed by atoms with Crippen LogP contribution in [0.1, 0.15) is 0 Å². The number of halogens is 1. The summed E-state index contributed by atoms with van der Waals surface area (Å²) in [6.45, 7) is 0. The van der Waals surface area contributed by atoms with Gasteiger partial charge in [0, 0.05) is 0 Å². The zero-order valence-electron chi connectivity index (χ0n) is 2.94. The summed E-state index contributed by atoms with van der Waals surface area (Å²) >= 11 is 0. The van der Waals surface area contributed by atoms with Gasteiger partial charge in [0.25, 0.3) is 0 Å². The Labute approximate surface area is 37.7 Å². The van der Waals surface area contributed by atoms with Crippen LogP contribution in [0.3, 0.4) is 0 Å². The molecule has 0 heterocycles. The van der Waals surface area contributed by atoms with Crippen LogP contribution < -0.4 is 0 Å². The topological polar surface area (TPSA) is 76.0 Å². The van der Waals surface area contributed by atoms with E-state index in [2.05, 4.69) is 4.62 Å². The molecule has 0 spiro atoms. The average Bonchev–Trinajstić information content (AvgIpc) is 1.30. The third kappa shape index (κ3) is 5.52. The first-order chi connectivity index (χ1) is 3.06. The molecular formula is HFNO4P. The van der Waals surface area contributed by atoms with Gasteiger partial charge in [-0.1, -0.05) is 0 Å². The van der Waals surface area contributed by atoms with E-state index < -0.39 is 7.91 Å². The first kappa shape index (κ1) is 6.52. The molecule has 0 amide bonds. The lowest BCUT2D eigenvalue weighted by atomic mass is 13.4. The largest absolute Gasteiger partial charge is 0.590 e. The van der Waals surface area contributed by atoms with E-state index in [1.165, 1.54) is 5.34 Å². The Morgan fingerprint density at radius 1 is 1.86 bits per heavy atom. The molecule has 5 nitrogen and oxygen atoms in total. The minimum Gasteiger partial charge on any atom is -0.288 e. The van der Waals surface area contributed by atoms with Crippen molar-refractivity contribution in [2.24, 2.45) is 5.34 Å². The van der Waals surface area contributed by atoms with E-state index in [0.29, 0.717) is 0 Å². The summed E-state index contributed by atoms with van der Waals surface area (Å²) in [6, 6.07) is 0. The summed E-state index contributed by atoms with van der Waals surface area (Å²) in [6.07, 6.45) is 0. The van der Waals surface area contributed by atoms with Crippen LogP contribution in [0, 0.1) is 4.91 Å². The molecule has 0 aromatic rings. The molecule has 0 aromatic heterocycles. The van der Waals surface area contributed by atoms with E-state index in [1.54, 1.807) is 0 Å². The van der Waals surface area contributed by atoms with Gasteiger partial charge in [0.1, 0.15) is 0 Å². The summed E-state index contributed by atoms with van der Waals surface area (Å²) < 4.78 is 22.9. The van der Waals surface area contributed by atoms with Crippen molar-refractivity contribution in [2.75, 3.05) is 0 Å². The summed E-state index contributed by atoms with van der Waals surface area (Å²) in [5.74, 6) is 0.